The molecule has 0 atom stereocenters. The summed E-state index contributed by atoms with van der Waals surface area (Å²) in [6.07, 6.45) is 0. The fourth-order valence-electron chi connectivity index (χ4n) is 3.02. The molecule has 9 heteroatoms. The Hall–Kier alpha value is -3.72. The highest BCUT2D eigenvalue weighted by atomic mass is 32.2. The van der Waals surface area contributed by atoms with Crippen molar-refractivity contribution < 1.29 is 27.4 Å². The fraction of sp³-hybridized carbons (Fsp3) is 0.174. The fourth-order valence-corrected chi connectivity index (χ4v) is 4.46. The van der Waals surface area contributed by atoms with Crippen LogP contribution in [0.25, 0.3) is 0 Å². The van der Waals surface area contributed by atoms with Gasteiger partial charge in [-0.15, -0.1) is 0 Å². The molecule has 0 unspecified atom stereocenters. The van der Waals surface area contributed by atoms with E-state index >= 15 is 0 Å². The van der Waals surface area contributed by atoms with Gasteiger partial charge in [0.2, 0.25) is 5.91 Å². The monoisotopic (exact) mass is 456 g/mol. The van der Waals surface area contributed by atoms with Gasteiger partial charge in [-0.1, -0.05) is 18.2 Å². The van der Waals surface area contributed by atoms with Gasteiger partial charge >= 0.3 is 0 Å². The number of anilines is 2. The normalized spacial score (nSPS) is 10.8. The molecular weight excluding hydrogens is 432 g/mol. The lowest BCUT2D eigenvalue weighted by molar-refractivity contribution is -0.114. The van der Waals surface area contributed by atoms with Crippen LogP contribution in [-0.4, -0.2) is 42.2 Å². The number of carbonyl (C=O) groups excluding carboxylic acids is 1. The quantitative estimate of drug-likeness (QED) is 0.529. The van der Waals surface area contributed by atoms with E-state index in [2.05, 4.69) is 5.32 Å². The second-order valence-electron chi connectivity index (χ2n) is 6.64. The van der Waals surface area contributed by atoms with Crippen molar-refractivity contribution in [1.82, 2.24) is 0 Å². The first kappa shape index (κ1) is 23.0. The highest BCUT2D eigenvalue weighted by Crippen LogP contribution is 2.32. The molecule has 3 aromatic carbocycles. The van der Waals surface area contributed by atoms with E-state index in [-0.39, 0.29) is 10.6 Å². The number of carbonyl (C=O) groups is 1. The smallest absolute Gasteiger partial charge is 0.264 e. The number of rotatable bonds is 9. The number of nitrogens with one attached hydrogen (secondary N) is 1. The van der Waals surface area contributed by atoms with Crippen LogP contribution in [0.4, 0.5) is 11.4 Å². The number of ether oxygens (including phenoxy) is 3. The maximum Gasteiger partial charge on any atom is 0.264 e. The van der Waals surface area contributed by atoms with E-state index in [9.17, 15) is 13.2 Å². The van der Waals surface area contributed by atoms with Gasteiger partial charge in [0.25, 0.3) is 10.0 Å². The zero-order chi connectivity index (χ0) is 23.1. The standard InChI is InChI=1S/C23H24N2O6S/c1-29-19-11-9-18(10-12-19)25(16-23(26)24-17-7-5-4-6-8-17)32(27,28)20-13-14-21(30-2)22(15-20)31-3/h4-15H,16H2,1-3H3,(H,24,26). The molecule has 0 aliphatic rings. The average molecular weight is 457 g/mol. The number of nitrogens with zero attached hydrogens (tertiary/aromatic N) is 1. The van der Waals surface area contributed by atoms with Gasteiger partial charge in [0.15, 0.2) is 11.5 Å². The SMILES string of the molecule is COc1ccc(N(CC(=O)Nc2ccccc2)S(=O)(=O)c2ccc(OC)c(OC)c2)cc1. The number of methoxy groups -OCH3 is 3. The summed E-state index contributed by atoms with van der Waals surface area (Å²) in [4.78, 5) is 12.7. The summed E-state index contributed by atoms with van der Waals surface area (Å²) in [5.74, 6) is 0.725. The summed E-state index contributed by atoms with van der Waals surface area (Å²) >= 11 is 0. The molecule has 0 aliphatic heterocycles. The molecule has 0 radical (unpaired) electrons. The second kappa shape index (κ2) is 10.1. The molecule has 168 valence electrons. The van der Waals surface area contributed by atoms with Crippen molar-refractivity contribution in [2.75, 3.05) is 37.5 Å². The molecule has 0 spiro atoms. The number of amides is 1. The van der Waals surface area contributed by atoms with Crippen molar-refractivity contribution >= 4 is 27.3 Å². The number of sulfonamides is 1. The van der Waals surface area contributed by atoms with Gasteiger partial charge in [0.1, 0.15) is 12.3 Å². The summed E-state index contributed by atoms with van der Waals surface area (Å²) < 4.78 is 43.8. The third-order valence-electron chi connectivity index (χ3n) is 4.65. The zero-order valence-corrected chi connectivity index (χ0v) is 18.8. The number of para-hydroxylation sites is 1. The maximum absolute atomic E-state index is 13.6. The Morgan fingerprint density at radius 2 is 1.50 bits per heavy atom. The molecule has 3 aromatic rings. The van der Waals surface area contributed by atoms with Crippen molar-refractivity contribution in [2.24, 2.45) is 0 Å². The lowest BCUT2D eigenvalue weighted by Gasteiger charge is -2.24. The second-order valence-corrected chi connectivity index (χ2v) is 8.50. The molecule has 0 aliphatic carbocycles. The van der Waals surface area contributed by atoms with E-state index in [0.717, 1.165) is 4.31 Å². The van der Waals surface area contributed by atoms with Crippen LogP contribution in [0.1, 0.15) is 0 Å². The third kappa shape index (κ3) is 5.12. The lowest BCUT2D eigenvalue weighted by atomic mass is 10.3. The molecule has 1 amide bonds. The summed E-state index contributed by atoms with van der Waals surface area (Å²) in [6, 6.07) is 19.5. The average Bonchev–Trinajstić information content (AvgIpc) is 2.82. The van der Waals surface area contributed by atoms with Gasteiger partial charge in [-0.3, -0.25) is 9.10 Å². The van der Waals surface area contributed by atoms with Crippen LogP contribution in [0.5, 0.6) is 17.2 Å². The van der Waals surface area contributed by atoms with Gasteiger partial charge in [-0.05, 0) is 48.5 Å². The Morgan fingerprint density at radius 1 is 0.844 bits per heavy atom. The van der Waals surface area contributed by atoms with Crippen LogP contribution in [-0.2, 0) is 14.8 Å². The molecule has 3 rings (SSSR count). The van der Waals surface area contributed by atoms with E-state index in [1.54, 1.807) is 48.5 Å². The lowest BCUT2D eigenvalue weighted by Crippen LogP contribution is -2.38. The minimum atomic E-state index is -4.12. The Bertz CT molecular complexity index is 1160. The number of hydrogen-bond donors (Lipinski definition) is 1. The molecule has 1 N–H and O–H groups in total. The van der Waals surface area contributed by atoms with Gasteiger partial charge < -0.3 is 19.5 Å². The highest BCUT2D eigenvalue weighted by molar-refractivity contribution is 7.92. The predicted molar refractivity (Wildman–Crippen MR) is 122 cm³/mol. The molecule has 0 saturated heterocycles. The topological polar surface area (TPSA) is 94.2 Å². The molecule has 0 saturated carbocycles. The summed E-state index contributed by atoms with van der Waals surface area (Å²) in [5.41, 5.74) is 0.875. The van der Waals surface area contributed by atoms with Crippen LogP contribution in [0, 0.1) is 0 Å². The first-order valence-electron chi connectivity index (χ1n) is 9.62. The molecule has 0 aromatic heterocycles. The van der Waals surface area contributed by atoms with E-state index in [1.807, 2.05) is 6.07 Å². The maximum atomic E-state index is 13.6. The Balaban J connectivity index is 1.99. The highest BCUT2D eigenvalue weighted by Gasteiger charge is 2.28. The largest absolute Gasteiger partial charge is 0.497 e. The molecule has 0 heterocycles. The zero-order valence-electron chi connectivity index (χ0n) is 17.9. The summed E-state index contributed by atoms with van der Waals surface area (Å²) in [5, 5.41) is 2.71. The molecule has 0 bridgehead atoms. The first-order valence-corrected chi connectivity index (χ1v) is 11.1. The van der Waals surface area contributed by atoms with E-state index in [1.165, 1.54) is 39.5 Å². The van der Waals surface area contributed by atoms with Gasteiger partial charge in [0.05, 0.1) is 31.9 Å². The van der Waals surface area contributed by atoms with Crippen molar-refractivity contribution in [3.63, 3.8) is 0 Å². The van der Waals surface area contributed by atoms with Crippen molar-refractivity contribution in [3.05, 3.63) is 72.8 Å². The van der Waals surface area contributed by atoms with Crippen LogP contribution in [0.15, 0.2) is 77.7 Å². The molecule has 8 nitrogen and oxygen atoms in total. The van der Waals surface area contributed by atoms with E-state index in [4.69, 9.17) is 14.2 Å². The minimum Gasteiger partial charge on any atom is -0.497 e. The van der Waals surface area contributed by atoms with Crippen LogP contribution >= 0.6 is 0 Å². The summed E-state index contributed by atoms with van der Waals surface area (Å²) in [6.45, 7) is -0.433. The molecule has 32 heavy (non-hydrogen) atoms. The summed E-state index contributed by atoms with van der Waals surface area (Å²) in [7, 11) is 0.273. The Kier molecular flexibility index (Phi) is 7.21. The van der Waals surface area contributed by atoms with Crippen molar-refractivity contribution in [1.29, 1.82) is 0 Å². The predicted octanol–water partition coefficient (Wildman–Crippen LogP) is 3.55. The Morgan fingerprint density at radius 3 is 2.09 bits per heavy atom. The molecular formula is C23H24N2O6S. The van der Waals surface area contributed by atoms with Crippen LogP contribution < -0.4 is 23.8 Å². The van der Waals surface area contributed by atoms with Crippen LogP contribution in [0.2, 0.25) is 0 Å². The Labute approximate surface area is 187 Å². The van der Waals surface area contributed by atoms with Gasteiger partial charge in [-0.25, -0.2) is 8.42 Å². The van der Waals surface area contributed by atoms with Gasteiger partial charge in [0, 0.05) is 11.8 Å². The van der Waals surface area contributed by atoms with E-state index < -0.39 is 22.5 Å². The first-order chi connectivity index (χ1) is 15.4. The molecule has 0 fully saturated rings. The number of benzene rings is 3. The van der Waals surface area contributed by atoms with E-state index in [0.29, 0.717) is 22.9 Å². The minimum absolute atomic E-state index is 0.0431. The number of hydrogen-bond acceptors (Lipinski definition) is 6. The van der Waals surface area contributed by atoms with Crippen molar-refractivity contribution in [2.45, 2.75) is 4.90 Å². The van der Waals surface area contributed by atoms with Crippen molar-refractivity contribution in [3.8, 4) is 17.2 Å². The van der Waals surface area contributed by atoms with Gasteiger partial charge in [-0.2, -0.15) is 0 Å². The third-order valence-corrected chi connectivity index (χ3v) is 6.42. The van der Waals surface area contributed by atoms with Crippen LogP contribution in [0.3, 0.4) is 0 Å².